The smallest absolute Gasteiger partial charge is 0.309 e. The number of nitrogens with zero attached hydrogens (tertiary/aromatic N) is 2. The van der Waals surface area contributed by atoms with E-state index in [1.54, 1.807) is 41.8 Å². The number of benzene rings is 1. The molecule has 0 aliphatic heterocycles. The molecule has 30 heavy (non-hydrogen) atoms. The number of aryl methyl sites for hydroxylation is 1. The van der Waals surface area contributed by atoms with Crippen LogP contribution in [0.2, 0.25) is 0 Å². The maximum atomic E-state index is 14.6. The Labute approximate surface area is 173 Å². The summed E-state index contributed by atoms with van der Waals surface area (Å²) in [4.78, 5) is 30.3. The number of carbonyl (C=O) groups excluding carboxylic acids is 2. The van der Waals surface area contributed by atoms with Gasteiger partial charge in [0.2, 0.25) is 0 Å². The third kappa shape index (κ3) is 3.24. The first-order valence-electron chi connectivity index (χ1n) is 9.95. The van der Waals surface area contributed by atoms with E-state index in [1.165, 1.54) is 13.2 Å². The number of Topliss-reactive ketones (excluding diaryl/α,β-unsaturated/α-hetero) is 1. The molecule has 0 fully saturated rings. The molecule has 0 saturated heterocycles. The molecule has 1 aliphatic rings. The number of carbonyl (C=O) groups is 2. The summed E-state index contributed by atoms with van der Waals surface area (Å²) in [7, 11) is 1.31. The molecule has 0 bridgehead atoms. The average Bonchev–Trinajstić information content (AvgIpc) is 3.26. The van der Waals surface area contributed by atoms with Crippen LogP contribution in [-0.2, 0) is 16.0 Å². The highest BCUT2D eigenvalue weighted by Crippen LogP contribution is 2.43. The molecule has 2 heterocycles. The third-order valence-electron chi connectivity index (χ3n) is 5.70. The van der Waals surface area contributed by atoms with E-state index in [4.69, 9.17) is 9.47 Å². The van der Waals surface area contributed by atoms with E-state index in [1.807, 2.05) is 6.92 Å². The van der Waals surface area contributed by atoms with E-state index in [2.05, 4.69) is 4.98 Å². The second-order valence-corrected chi connectivity index (χ2v) is 7.43. The summed E-state index contributed by atoms with van der Waals surface area (Å²) in [6.07, 6.45) is 2.10. The number of halogens is 1. The van der Waals surface area contributed by atoms with Gasteiger partial charge in [-0.1, -0.05) is 12.1 Å². The van der Waals surface area contributed by atoms with Gasteiger partial charge in [-0.25, -0.2) is 9.37 Å². The summed E-state index contributed by atoms with van der Waals surface area (Å²) in [5, 5.41) is 0. The summed E-state index contributed by atoms with van der Waals surface area (Å²) >= 11 is 0. The van der Waals surface area contributed by atoms with Crippen LogP contribution in [0.3, 0.4) is 0 Å². The summed E-state index contributed by atoms with van der Waals surface area (Å²) in [5.74, 6) is -1.62. The number of aromatic nitrogens is 2. The summed E-state index contributed by atoms with van der Waals surface area (Å²) in [6.45, 7) is 4.12. The number of methoxy groups -OCH3 is 1. The Hall–Kier alpha value is -3.22. The topological polar surface area (TPSA) is 69.9 Å². The molecule has 0 N–H and O–H groups in total. The molecule has 1 aromatic carbocycles. The monoisotopic (exact) mass is 410 g/mol. The molecule has 156 valence electrons. The Balaban J connectivity index is 1.74. The van der Waals surface area contributed by atoms with Gasteiger partial charge < -0.3 is 9.47 Å². The van der Waals surface area contributed by atoms with Crippen molar-refractivity contribution in [2.75, 3.05) is 13.7 Å². The van der Waals surface area contributed by atoms with E-state index in [9.17, 15) is 14.0 Å². The van der Waals surface area contributed by atoms with Gasteiger partial charge in [0.1, 0.15) is 11.5 Å². The van der Waals surface area contributed by atoms with Crippen LogP contribution >= 0.6 is 0 Å². The van der Waals surface area contributed by atoms with Gasteiger partial charge in [-0.2, -0.15) is 0 Å². The maximum absolute atomic E-state index is 14.6. The standard InChI is InChI=1S/C23H23FN2O4/c1-4-30-19-9-6-10-26-21(13(2)25-22(19)26)18(27)12-15-16(23(28)29-3)11-14-7-5-8-17(24)20(14)15/h5-10,15-16H,4,11-12H2,1-3H3/t15-,16+/m1/s1. The highest BCUT2D eigenvalue weighted by atomic mass is 19.1. The third-order valence-corrected chi connectivity index (χ3v) is 5.70. The summed E-state index contributed by atoms with van der Waals surface area (Å²) in [6, 6.07) is 8.38. The molecule has 0 spiro atoms. The SMILES string of the molecule is CCOc1cccn2c(C(=O)C[C@H]3c4c(F)cccc4C[C@@H]3C(=O)OC)c(C)nc12. The van der Waals surface area contributed by atoms with E-state index in [-0.39, 0.29) is 12.2 Å². The Kier molecular flexibility index (Phi) is 5.28. The van der Waals surface area contributed by atoms with Gasteiger partial charge in [-0.05, 0) is 49.6 Å². The van der Waals surface area contributed by atoms with Gasteiger partial charge in [0, 0.05) is 18.5 Å². The molecular formula is C23H23FN2O4. The maximum Gasteiger partial charge on any atom is 0.309 e. The number of pyridine rings is 1. The minimum Gasteiger partial charge on any atom is -0.490 e. The molecule has 0 radical (unpaired) electrons. The average molecular weight is 410 g/mol. The van der Waals surface area contributed by atoms with Gasteiger partial charge in [-0.3, -0.25) is 14.0 Å². The lowest BCUT2D eigenvalue weighted by Crippen LogP contribution is -2.23. The zero-order valence-electron chi connectivity index (χ0n) is 17.1. The van der Waals surface area contributed by atoms with Crippen LogP contribution in [0.4, 0.5) is 4.39 Å². The lowest BCUT2D eigenvalue weighted by atomic mass is 9.87. The molecule has 7 heteroatoms. The van der Waals surface area contributed by atoms with Crippen molar-refractivity contribution in [2.24, 2.45) is 5.92 Å². The quantitative estimate of drug-likeness (QED) is 0.456. The number of rotatable bonds is 6. The molecule has 1 aliphatic carbocycles. The van der Waals surface area contributed by atoms with Gasteiger partial charge in [-0.15, -0.1) is 0 Å². The van der Waals surface area contributed by atoms with Crippen LogP contribution in [-0.4, -0.2) is 34.9 Å². The highest BCUT2D eigenvalue weighted by Gasteiger charge is 2.41. The lowest BCUT2D eigenvalue weighted by molar-refractivity contribution is -0.145. The molecular weight excluding hydrogens is 387 g/mol. The number of imidazole rings is 1. The van der Waals surface area contributed by atoms with Crippen molar-refractivity contribution in [1.82, 2.24) is 9.38 Å². The molecule has 6 nitrogen and oxygen atoms in total. The van der Waals surface area contributed by atoms with Gasteiger partial charge in [0.05, 0.1) is 25.3 Å². The van der Waals surface area contributed by atoms with E-state index in [0.717, 1.165) is 5.56 Å². The van der Waals surface area contributed by atoms with Crippen molar-refractivity contribution in [2.45, 2.75) is 32.6 Å². The number of ketones is 1. The van der Waals surface area contributed by atoms with Crippen molar-refractivity contribution >= 4 is 17.4 Å². The van der Waals surface area contributed by atoms with Crippen molar-refractivity contribution in [1.29, 1.82) is 0 Å². The van der Waals surface area contributed by atoms with Gasteiger partial charge in [0.25, 0.3) is 0 Å². The molecule has 2 aromatic heterocycles. The van der Waals surface area contributed by atoms with Gasteiger partial charge >= 0.3 is 5.97 Å². The molecule has 0 unspecified atom stereocenters. The Bertz CT molecular complexity index is 1140. The van der Waals surface area contributed by atoms with Crippen LogP contribution in [0, 0.1) is 18.7 Å². The zero-order valence-corrected chi connectivity index (χ0v) is 17.1. The number of hydrogen-bond donors (Lipinski definition) is 0. The zero-order chi connectivity index (χ0) is 21.4. The largest absolute Gasteiger partial charge is 0.490 e. The van der Waals surface area contributed by atoms with E-state index < -0.39 is 23.6 Å². The second-order valence-electron chi connectivity index (χ2n) is 7.43. The van der Waals surface area contributed by atoms with Crippen LogP contribution in [0.5, 0.6) is 5.75 Å². The molecule has 4 rings (SSSR count). The van der Waals surface area contributed by atoms with Crippen LogP contribution in [0.1, 0.15) is 46.6 Å². The van der Waals surface area contributed by atoms with Crippen LogP contribution in [0.15, 0.2) is 36.5 Å². The number of ether oxygens (including phenoxy) is 2. The summed E-state index contributed by atoms with van der Waals surface area (Å²) in [5.41, 5.74) is 2.72. The number of hydrogen-bond acceptors (Lipinski definition) is 5. The van der Waals surface area contributed by atoms with Crippen LogP contribution < -0.4 is 4.74 Å². The predicted octanol–water partition coefficient (Wildman–Crippen LogP) is 3.88. The normalized spacial score (nSPS) is 17.7. The summed E-state index contributed by atoms with van der Waals surface area (Å²) < 4.78 is 26.9. The van der Waals surface area contributed by atoms with Crippen molar-refractivity contribution in [3.63, 3.8) is 0 Å². The predicted molar refractivity (Wildman–Crippen MR) is 108 cm³/mol. The molecule has 0 amide bonds. The first-order chi connectivity index (χ1) is 14.5. The Morgan fingerprint density at radius 3 is 2.80 bits per heavy atom. The van der Waals surface area contributed by atoms with Crippen molar-refractivity contribution < 1.29 is 23.5 Å². The van der Waals surface area contributed by atoms with Crippen molar-refractivity contribution in [3.05, 3.63) is 64.9 Å². The van der Waals surface area contributed by atoms with E-state index >= 15 is 0 Å². The minimum absolute atomic E-state index is 0.0127. The second kappa shape index (κ2) is 7.89. The lowest BCUT2D eigenvalue weighted by Gasteiger charge is -2.18. The molecule has 2 atom stereocenters. The first-order valence-corrected chi connectivity index (χ1v) is 9.95. The Morgan fingerprint density at radius 1 is 1.27 bits per heavy atom. The van der Waals surface area contributed by atoms with Crippen LogP contribution in [0.25, 0.3) is 5.65 Å². The fraction of sp³-hybridized carbons (Fsp3) is 0.348. The minimum atomic E-state index is -0.593. The van der Waals surface area contributed by atoms with Crippen molar-refractivity contribution in [3.8, 4) is 5.75 Å². The number of esters is 1. The first kappa shape index (κ1) is 20.1. The fourth-order valence-electron chi connectivity index (χ4n) is 4.46. The fourth-order valence-corrected chi connectivity index (χ4v) is 4.46. The Morgan fingerprint density at radius 2 is 2.07 bits per heavy atom. The van der Waals surface area contributed by atoms with E-state index in [0.29, 0.717) is 41.4 Å². The highest BCUT2D eigenvalue weighted by molar-refractivity contribution is 5.97. The molecule has 0 saturated carbocycles. The number of fused-ring (bicyclic) bond motifs is 2. The van der Waals surface area contributed by atoms with Gasteiger partial charge in [0.15, 0.2) is 17.2 Å². The molecule has 3 aromatic rings.